The number of carbonyl (C=O) groups is 1. The number of benzene rings is 1. The van der Waals surface area contributed by atoms with E-state index in [9.17, 15) is 4.79 Å². The second-order valence-electron chi connectivity index (χ2n) is 5.75. The van der Waals surface area contributed by atoms with Gasteiger partial charge in [0.15, 0.2) is 17.1 Å². The standard InChI is InChI=1S/C18H15ClN2O4/c1-23-14-4-2-3-11-7-15(25-17(11)14)18(22)21-9-13(10-21)24-16-6-5-12(19)8-20-16/h2-8,13H,9-10H2,1H3. The first-order valence-electron chi connectivity index (χ1n) is 7.78. The van der Waals surface area contributed by atoms with Crippen molar-refractivity contribution in [3.8, 4) is 11.6 Å². The molecule has 1 fully saturated rings. The molecule has 2 aromatic heterocycles. The second kappa shape index (κ2) is 6.29. The number of methoxy groups -OCH3 is 1. The zero-order chi connectivity index (χ0) is 17.4. The lowest BCUT2D eigenvalue weighted by Gasteiger charge is -2.38. The molecule has 0 unspecified atom stereocenters. The highest BCUT2D eigenvalue weighted by Gasteiger charge is 2.34. The van der Waals surface area contributed by atoms with E-state index < -0.39 is 0 Å². The van der Waals surface area contributed by atoms with Crippen LogP contribution in [0.15, 0.2) is 47.0 Å². The Morgan fingerprint density at radius 2 is 2.16 bits per heavy atom. The summed E-state index contributed by atoms with van der Waals surface area (Å²) in [4.78, 5) is 18.3. The molecule has 4 rings (SSSR count). The maximum atomic E-state index is 12.5. The molecule has 0 spiro atoms. The maximum absolute atomic E-state index is 12.5. The monoisotopic (exact) mass is 358 g/mol. The van der Waals surface area contributed by atoms with Gasteiger partial charge >= 0.3 is 0 Å². The number of rotatable bonds is 4. The molecule has 1 saturated heterocycles. The molecule has 0 radical (unpaired) electrons. The van der Waals surface area contributed by atoms with Crippen LogP contribution in [0.4, 0.5) is 0 Å². The Morgan fingerprint density at radius 1 is 1.32 bits per heavy atom. The van der Waals surface area contributed by atoms with Crippen molar-refractivity contribution in [2.75, 3.05) is 20.2 Å². The predicted octanol–water partition coefficient (Wildman–Crippen LogP) is 3.39. The van der Waals surface area contributed by atoms with E-state index in [-0.39, 0.29) is 12.0 Å². The number of carbonyl (C=O) groups excluding carboxylic acids is 1. The molecule has 0 aliphatic carbocycles. The number of para-hydroxylation sites is 1. The minimum Gasteiger partial charge on any atom is -0.493 e. The van der Waals surface area contributed by atoms with E-state index >= 15 is 0 Å². The third kappa shape index (κ3) is 3.00. The second-order valence-corrected chi connectivity index (χ2v) is 6.19. The third-order valence-electron chi connectivity index (χ3n) is 4.06. The lowest BCUT2D eigenvalue weighted by molar-refractivity contribution is 0.0139. The van der Waals surface area contributed by atoms with Gasteiger partial charge in [0.1, 0.15) is 6.10 Å². The van der Waals surface area contributed by atoms with Crippen LogP contribution in [0, 0.1) is 0 Å². The van der Waals surface area contributed by atoms with E-state index in [1.54, 1.807) is 36.3 Å². The largest absolute Gasteiger partial charge is 0.493 e. The number of likely N-dealkylation sites (tertiary alicyclic amines) is 1. The number of furan rings is 1. The Labute approximate surface area is 148 Å². The number of hydrogen-bond acceptors (Lipinski definition) is 5. The minimum atomic E-state index is -0.165. The maximum Gasteiger partial charge on any atom is 0.289 e. The Balaban J connectivity index is 1.42. The lowest BCUT2D eigenvalue weighted by Crippen LogP contribution is -2.56. The number of aromatic nitrogens is 1. The van der Waals surface area contributed by atoms with Gasteiger partial charge in [-0.25, -0.2) is 4.98 Å². The summed E-state index contributed by atoms with van der Waals surface area (Å²) in [5.41, 5.74) is 0.576. The number of pyridine rings is 1. The molecule has 6 nitrogen and oxygen atoms in total. The van der Waals surface area contributed by atoms with Gasteiger partial charge in [0, 0.05) is 17.6 Å². The number of ether oxygens (including phenoxy) is 2. The van der Waals surface area contributed by atoms with Gasteiger partial charge in [-0.1, -0.05) is 23.7 Å². The van der Waals surface area contributed by atoms with Gasteiger partial charge in [0.2, 0.25) is 5.88 Å². The van der Waals surface area contributed by atoms with Crippen LogP contribution in [0.2, 0.25) is 5.02 Å². The van der Waals surface area contributed by atoms with E-state index in [0.717, 1.165) is 5.39 Å². The molecule has 3 aromatic rings. The van der Waals surface area contributed by atoms with Crippen molar-refractivity contribution in [2.24, 2.45) is 0 Å². The molecule has 1 amide bonds. The van der Waals surface area contributed by atoms with Gasteiger partial charge in [-0.05, 0) is 18.2 Å². The van der Waals surface area contributed by atoms with Crippen LogP contribution in [0.5, 0.6) is 11.6 Å². The SMILES string of the molecule is COc1cccc2cc(C(=O)N3CC(Oc4ccc(Cl)cn4)C3)oc12. The summed E-state index contributed by atoms with van der Waals surface area (Å²) in [6.45, 7) is 0.967. The van der Waals surface area contributed by atoms with Crippen molar-refractivity contribution in [1.82, 2.24) is 9.88 Å². The van der Waals surface area contributed by atoms with Crippen LogP contribution in [0.1, 0.15) is 10.6 Å². The van der Waals surface area contributed by atoms with Gasteiger partial charge in [-0.2, -0.15) is 0 Å². The third-order valence-corrected chi connectivity index (χ3v) is 4.29. The summed E-state index contributed by atoms with van der Waals surface area (Å²) in [5, 5.41) is 1.39. The summed E-state index contributed by atoms with van der Waals surface area (Å²) < 4.78 is 16.7. The molecule has 1 aromatic carbocycles. The highest BCUT2D eigenvalue weighted by Crippen LogP contribution is 2.30. The first-order chi connectivity index (χ1) is 12.1. The van der Waals surface area contributed by atoms with Crippen molar-refractivity contribution >= 4 is 28.5 Å². The summed E-state index contributed by atoms with van der Waals surface area (Å²) in [6, 6.07) is 10.7. The first kappa shape index (κ1) is 15.8. The summed E-state index contributed by atoms with van der Waals surface area (Å²) in [7, 11) is 1.57. The van der Waals surface area contributed by atoms with Crippen molar-refractivity contribution in [1.29, 1.82) is 0 Å². The number of amides is 1. The van der Waals surface area contributed by atoms with Crippen LogP contribution < -0.4 is 9.47 Å². The molecule has 0 N–H and O–H groups in total. The van der Waals surface area contributed by atoms with Gasteiger partial charge in [-0.3, -0.25) is 4.79 Å². The first-order valence-corrected chi connectivity index (χ1v) is 8.16. The van der Waals surface area contributed by atoms with E-state index in [2.05, 4.69) is 4.98 Å². The molecule has 7 heteroatoms. The van der Waals surface area contributed by atoms with E-state index in [1.807, 2.05) is 12.1 Å². The van der Waals surface area contributed by atoms with Gasteiger partial charge in [0.25, 0.3) is 5.91 Å². The molecule has 128 valence electrons. The van der Waals surface area contributed by atoms with Crippen LogP contribution in [-0.4, -0.2) is 42.1 Å². The fraction of sp³-hybridized carbons (Fsp3) is 0.222. The van der Waals surface area contributed by atoms with Crippen molar-refractivity contribution in [2.45, 2.75) is 6.10 Å². The van der Waals surface area contributed by atoms with Crippen molar-refractivity contribution in [3.63, 3.8) is 0 Å². The molecule has 1 aliphatic heterocycles. The molecular formula is C18H15ClN2O4. The van der Waals surface area contributed by atoms with E-state index in [4.69, 9.17) is 25.5 Å². The zero-order valence-electron chi connectivity index (χ0n) is 13.4. The van der Waals surface area contributed by atoms with Crippen LogP contribution >= 0.6 is 11.6 Å². The molecular weight excluding hydrogens is 344 g/mol. The molecule has 1 aliphatic rings. The zero-order valence-corrected chi connectivity index (χ0v) is 14.2. The number of fused-ring (bicyclic) bond motifs is 1. The summed E-state index contributed by atoms with van der Waals surface area (Å²) >= 11 is 5.79. The van der Waals surface area contributed by atoms with Gasteiger partial charge in [0.05, 0.1) is 25.2 Å². The Hall–Kier alpha value is -2.73. The number of nitrogens with zero attached hydrogens (tertiary/aromatic N) is 2. The average molecular weight is 359 g/mol. The average Bonchev–Trinajstić information content (AvgIpc) is 3.03. The van der Waals surface area contributed by atoms with Crippen LogP contribution in [-0.2, 0) is 0 Å². The number of hydrogen-bond donors (Lipinski definition) is 0. The topological polar surface area (TPSA) is 64.8 Å². The van der Waals surface area contributed by atoms with Crippen LogP contribution in [0.3, 0.4) is 0 Å². The molecule has 3 heterocycles. The highest BCUT2D eigenvalue weighted by atomic mass is 35.5. The fourth-order valence-electron chi connectivity index (χ4n) is 2.74. The van der Waals surface area contributed by atoms with E-state index in [1.165, 1.54) is 6.20 Å². The summed E-state index contributed by atoms with van der Waals surface area (Å²) in [5.74, 6) is 1.23. The van der Waals surface area contributed by atoms with Crippen LogP contribution in [0.25, 0.3) is 11.0 Å². The van der Waals surface area contributed by atoms with Gasteiger partial charge < -0.3 is 18.8 Å². The van der Waals surface area contributed by atoms with Crippen molar-refractivity contribution < 1.29 is 18.7 Å². The summed E-state index contributed by atoms with van der Waals surface area (Å²) in [6.07, 6.45) is 1.44. The van der Waals surface area contributed by atoms with Crippen molar-refractivity contribution in [3.05, 3.63) is 53.4 Å². The van der Waals surface area contributed by atoms with E-state index in [0.29, 0.717) is 41.1 Å². The minimum absolute atomic E-state index is 0.0865. The van der Waals surface area contributed by atoms with Gasteiger partial charge in [-0.15, -0.1) is 0 Å². The molecule has 0 bridgehead atoms. The Kier molecular flexibility index (Phi) is 3.97. The normalized spacial score (nSPS) is 14.4. The lowest BCUT2D eigenvalue weighted by atomic mass is 10.1. The smallest absolute Gasteiger partial charge is 0.289 e. The Morgan fingerprint density at radius 3 is 2.88 bits per heavy atom. The highest BCUT2D eigenvalue weighted by molar-refractivity contribution is 6.30. The Bertz CT molecular complexity index is 916. The molecule has 25 heavy (non-hydrogen) atoms. The predicted molar refractivity (Wildman–Crippen MR) is 92.3 cm³/mol. The molecule has 0 atom stereocenters. The number of halogens is 1. The fourth-order valence-corrected chi connectivity index (χ4v) is 2.85. The molecule has 0 saturated carbocycles. The quantitative estimate of drug-likeness (QED) is 0.715.